The van der Waals surface area contributed by atoms with Crippen LogP contribution in [0.4, 0.5) is 8.78 Å². The maximum Gasteiger partial charge on any atom is 0.251 e. The number of aryl methyl sites for hydroxylation is 1. The summed E-state index contributed by atoms with van der Waals surface area (Å²) in [6, 6.07) is 6.58. The Morgan fingerprint density at radius 3 is 2.37 bits per heavy atom. The van der Waals surface area contributed by atoms with Crippen molar-refractivity contribution in [3.05, 3.63) is 58.9 Å². The van der Waals surface area contributed by atoms with E-state index in [1.165, 1.54) is 0 Å². The minimum absolute atomic E-state index is 0.0246. The first-order chi connectivity index (χ1) is 8.97. The van der Waals surface area contributed by atoms with Gasteiger partial charge in [-0.1, -0.05) is 0 Å². The fourth-order valence-electron chi connectivity index (χ4n) is 1.80. The molecule has 0 saturated heterocycles. The Bertz CT molecular complexity index is 600. The number of aromatic nitrogens is 1. The van der Waals surface area contributed by atoms with Crippen LogP contribution in [-0.4, -0.2) is 10.5 Å². The molecule has 2 aromatic rings. The fraction of sp³-hybridized carbons (Fsp3) is 0.214. The molecule has 3 nitrogen and oxygen atoms in total. The number of amides is 1. The smallest absolute Gasteiger partial charge is 0.251 e. The van der Waals surface area contributed by atoms with E-state index in [4.69, 9.17) is 0 Å². The Hall–Kier alpha value is -2.17. The van der Waals surface area contributed by atoms with Gasteiger partial charge < -0.3 is 9.88 Å². The van der Waals surface area contributed by atoms with E-state index in [2.05, 4.69) is 5.32 Å². The molecule has 1 amide bonds. The molecular formula is C14H14F2N2O. The van der Waals surface area contributed by atoms with Gasteiger partial charge in [0.15, 0.2) is 0 Å². The highest BCUT2D eigenvalue weighted by atomic mass is 19.1. The molecule has 0 spiro atoms. The lowest BCUT2D eigenvalue weighted by Crippen LogP contribution is -2.24. The highest BCUT2D eigenvalue weighted by Crippen LogP contribution is 2.09. The normalized spacial score (nSPS) is 10.5. The van der Waals surface area contributed by atoms with E-state index in [9.17, 15) is 13.6 Å². The average Bonchev–Trinajstić information content (AvgIpc) is 2.66. The second-order valence-electron chi connectivity index (χ2n) is 4.37. The van der Waals surface area contributed by atoms with Gasteiger partial charge in [0.1, 0.15) is 11.6 Å². The summed E-state index contributed by atoms with van der Waals surface area (Å²) in [4.78, 5) is 11.8. The van der Waals surface area contributed by atoms with Gasteiger partial charge in [0.2, 0.25) is 0 Å². The summed E-state index contributed by atoms with van der Waals surface area (Å²) in [7, 11) is 1.89. The molecule has 0 aliphatic rings. The summed E-state index contributed by atoms with van der Waals surface area (Å²) in [6.07, 6.45) is 0. The highest BCUT2D eigenvalue weighted by Gasteiger charge is 2.10. The lowest BCUT2D eigenvalue weighted by molar-refractivity contribution is 0.0949. The molecule has 0 fully saturated rings. The van der Waals surface area contributed by atoms with Gasteiger partial charge in [0.25, 0.3) is 5.91 Å². The van der Waals surface area contributed by atoms with E-state index in [1.54, 1.807) is 0 Å². The van der Waals surface area contributed by atoms with E-state index in [0.717, 1.165) is 29.6 Å². The van der Waals surface area contributed by atoms with Crippen LogP contribution >= 0.6 is 0 Å². The van der Waals surface area contributed by atoms with E-state index >= 15 is 0 Å². The SMILES string of the molecule is Cc1ccc(CNC(=O)c2cc(F)cc(F)c2)n1C. The summed E-state index contributed by atoms with van der Waals surface area (Å²) >= 11 is 0. The molecule has 0 saturated carbocycles. The highest BCUT2D eigenvalue weighted by molar-refractivity contribution is 5.94. The van der Waals surface area contributed by atoms with E-state index < -0.39 is 17.5 Å². The Balaban J connectivity index is 2.07. The molecule has 0 unspecified atom stereocenters. The summed E-state index contributed by atoms with van der Waals surface area (Å²) in [6.45, 7) is 2.26. The lowest BCUT2D eigenvalue weighted by Gasteiger charge is -2.08. The molecular weight excluding hydrogens is 250 g/mol. The second-order valence-corrected chi connectivity index (χ2v) is 4.37. The van der Waals surface area contributed by atoms with Gasteiger partial charge in [-0.2, -0.15) is 0 Å². The summed E-state index contributed by atoms with van der Waals surface area (Å²) < 4.78 is 27.9. The molecule has 0 atom stereocenters. The Morgan fingerprint density at radius 2 is 1.84 bits per heavy atom. The number of hydrogen-bond donors (Lipinski definition) is 1. The monoisotopic (exact) mass is 264 g/mol. The van der Waals surface area contributed by atoms with Crippen LogP contribution in [0.15, 0.2) is 30.3 Å². The Labute approximate surface area is 109 Å². The number of nitrogens with one attached hydrogen (secondary N) is 1. The van der Waals surface area contributed by atoms with Crippen molar-refractivity contribution >= 4 is 5.91 Å². The molecule has 100 valence electrons. The van der Waals surface area contributed by atoms with Crippen molar-refractivity contribution in [3.63, 3.8) is 0 Å². The van der Waals surface area contributed by atoms with Gasteiger partial charge in [-0.05, 0) is 31.2 Å². The van der Waals surface area contributed by atoms with Crippen LogP contribution < -0.4 is 5.32 Å². The molecule has 0 aliphatic heterocycles. The number of halogens is 2. The molecule has 2 rings (SSSR count). The quantitative estimate of drug-likeness (QED) is 0.908. The van der Waals surface area contributed by atoms with Gasteiger partial charge in [-0.3, -0.25) is 4.79 Å². The third-order valence-corrected chi connectivity index (χ3v) is 3.03. The van der Waals surface area contributed by atoms with Crippen LogP contribution in [0.3, 0.4) is 0 Å². The molecule has 5 heteroatoms. The lowest BCUT2D eigenvalue weighted by atomic mass is 10.2. The molecule has 0 bridgehead atoms. The maximum absolute atomic E-state index is 13.0. The maximum atomic E-state index is 13.0. The first-order valence-electron chi connectivity index (χ1n) is 5.83. The molecule has 1 heterocycles. The average molecular weight is 264 g/mol. The Morgan fingerprint density at radius 1 is 1.21 bits per heavy atom. The fourth-order valence-corrected chi connectivity index (χ4v) is 1.80. The largest absolute Gasteiger partial charge is 0.350 e. The van der Waals surface area contributed by atoms with Gasteiger partial charge in [-0.15, -0.1) is 0 Å². The first-order valence-corrected chi connectivity index (χ1v) is 5.83. The third-order valence-electron chi connectivity index (χ3n) is 3.03. The topological polar surface area (TPSA) is 34.0 Å². The molecule has 19 heavy (non-hydrogen) atoms. The molecule has 0 aliphatic carbocycles. The summed E-state index contributed by atoms with van der Waals surface area (Å²) in [5.41, 5.74) is 1.97. The van der Waals surface area contributed by atoms with Crippen molar-refractivity contribution in [2.24, 2.45) is 7.05 Å². The van der Waals surface area contributed by atoms with E-state index in [0.29, 0.717) is 6.54 Å². The predicted molar refractivity (Wildman–Crippen MR) is 67.7 cm³/mol. The minimum Gasteiger partial charge on any atom is -0.350 e. The van der Waals surface area contributed by atoms with Gasteiger partial charge >= 0.3 is 0 Å². The molecule has 1 aromatic carbocycles. The van der Waals surface area contributed by atoms with Crippen LogP contribution in [0.1, 0.15) is 21.7 Å². The number of carbonyl (C=O) groups is 1. The number of carbonyl (C=O) groups excluding carboxylic acids is 1. The minimum atomic E-state index is -0.764. The van der Waals surface area contributed by atoms with Crippen LogP contribution in [0.2, 0.25) is 0 Å². The zero-order chi connectivity index (χ0) is 14.0. The van der Waals surface area contributed by atoms with E-state index in [-0.39, 0.29) is 5.56 Å². The van der Waals surface area contributed by atoms with Crippen molar-refractivity contribution in [3.8, 4) is 0 Å². The predicted octanol–water partition coefficient (Wildman–Crippen LogP) is 2.54. The zero-order valence-electron chi connectivity index (χ0n) is 10.7. The second kappa shape index (κ2) is 5.22. The van der Waals surface area contributed by atoms with Gasteiger partial charge in [-0.25, -0.2) is 8.78 Å². The molecule has 1 aromatic heterocycles. The number of nitrogens with zero attached hydrogens (tertiary/aromatic N) is 1. The van der Waals surface area contributed by atoms with E-state index in [1.807, 2.05) is 30.7 Å². The van der Waals surface area contributed by atoms with Gasteiger partial charge in [0.05, 0.1) is 6.54 Å². The summed E-state index contributed by atoms with van der Waals surface area (Å²) in [5, 5.41) is 2.63. The van der Waals surface area contributed by atoms with Crippen LogP contribution in [0.25, 0.3) is 0 Å². The standard InChI is InChI=1S/C14H14F2N2O/c1-9-3-4-13(18(9)2)8-17-14(19)10-5-11(15)7-12(16)6-10/h3-7H,8H2,1-2H3,(H,17,19). The summed E-state index contributed by atoms with van der Waals surface area (Å²) in [5.74, 6) is -2.03. The van der Waals surface area contributed by atoms with Crippen molar-refractivity contribution in [1.82, 2.24) is 9.88 Å². The van der Waals surface area contributed by atoms with Crippen LogP contribution in [-0.2, 0) is 13.6 Å². The van der Waals surface area contributed by atoms with Gasteiger partial charge in [0, 0.05) is 30.1 Å². The van der Waals surface area contributed by atoms with Crippen molar-refractivity contribution < 1.29 is 13.6 Å². The third kappa shape index (κ3) is 2.99. The number of benzene rings is 1. The van der Waals surface area contributed by atoms with Crippen molar-refractivity contribution in [2.45, 2.75) is 13.5 Å². The van der Waals surface area contributed by atoms with Crippen molar-refractivity contribution in [1.29, 1.82) is 0 Å². The zero-order valence-corrected chi connectivity index (χ0v) is 10.7. The number of rotatable bonds is 3. The van der Waals surface area contributed by atoms with Crippen LogP contribution in [0, 0.1) is 18.6 Å². The first kappa shape index (κ1) is 13.3. The Kier molecular flexibility index (Phi) is 3.64. The molecule has 0 radical (unpaired) electrons. The van der Waals surface area contributed by atoms with Crippen molar-refractivity contribution in [2.75, 3.05) is 0 Å². The van der Waals surface area contributed by atoms with Crippen LogP contribution in [0.5, 0.6) is 0 Å². The number of hydrogen-bond acceptors (Lipinski definition) is 1. The molecule has 1 N–H and O–H groups in total.